The second kappa shape index (κ2) is 12.0. The van der Waals surface area contributed by atoms with Crippen molar-refractivity contribution in [3.63, 3.8) is 0 Å². The fraction of sp³-hybridized carbons (Fsp3) is 0.281. The van der Waals surface area contributed by atoms with Crippen LogP contribution in [0.1, 0.15) is 61.9 Å². The van der Waals surface area contributed by atoms with Crippen LogP contribution in [-0.4, -0.2) is 37.1 Å². The summed E-state index contributed by atoms with van der Waals surface area (Å²) in [5.74, 6) is -0.189. The third kappa shape index (κ3) is 5.23. The second-order valence-electron chi connectivity index (χ2n) is 9.51. The van der Waals surface area contributed by atoms with Gasteiger partial charge in [0.05, 0.1) is 43.6 Å². The van der Waals surface area contributed by atoms with Gasteiger partial charge in [0.1, 0.15) is 11.5 Å². The summed E-state index contributed by atoms with van der Waals surface area (Å²) in [5.41, 5.74) is 2.58. The van der Waals surface area contributed by atoms with Crippen molar-refractivity contribution in [3.05, 3.63) is 88.5 Å². The van der Waals surface area contributed by atoms with E-state index < -0.39 is 17.7 Å². The minimum Gasteiger partial charge on any atom is -0.507 e. The zero-order valence-electron chi connectivity index (χ0n) is 23.2. The van der Waals surface area contributed by atoms with Crippen LogP contribution in [0.15, 0.2) is 66.2 Å². The van der Waals surface area contributed by atoms with E-state index in [0.29, 0.717) is 52.8 Å². The van der Waals surface area contributed by atoms with E-state index in [2.05, 4.69) is 6.07 Å². The minimum atomic E-state index is -0.966. The Labute approximate surface area is 234 Å². The molecular formula is C32H32N2O6. The van der Waals surface area contributed by atoms with Crippen molar-refractivity contribution < 1.29 is 28.9 Å². The van der Waals surface area contributed by atoms with E-state index in [1.54, 1.807) is 60.7 Å². The molecule has 1 saturated heterocycles. The number of nitriles is 1. The Balaban J connectivity index is 1.96. The maximum Gasteiger partial charge on any atom is 0.300 e. The highest BCUT2D eigenvalue weighted by atomic mass is 16.5. The average molecular weight is 541 g/mol. The molecular weight excluding hydrogens is 508 g/mol. The lowest BCUT2D eigenvalue weighted by molar-refractivity contribution is -0.132. The number of Topliss-reactive ketones (excluding diaryl/α,β-unsaturated/α-hetero) is 1. The molecule has 1 heterocycles. The van der Waals surface area contributed by atoms with Gasteiger partial charge in [0.15, 0.2) is 11.5 Å². The maximum absolute atomic E-state index is 13.6. The third-order valence-electron chi connectivity index (χ3n) is 6.73. The van der Waals surface area contributed by atoms with Crippen LogP contribution < -0.4 is 19.1 Å². The summed E-state index contributed by atoms with van der Waals surface area (Å²) < 4.78 is 17.0. The number of ether oxygens (including phenoxy) is 3. The van der Waals surface area contributed by atoms with Gasteiger partial charge in [0.2, 0.25) is 0 Å². The SMILES string of the molecule is CCOc1cc(C2/C(=C(\O)c3ccc(OCC)c(C(C)C)c3)C(=O)C(=O)N2c2ccc(C#N)cc2)ccc1OC. The number of amides is 1. The largest absolute Gasteiger partial charge is 0.507 e. The fourth-order valence-corrected chi connectivity index (χ4v) is 4.83. The Morgan fingerprint density at radius 2 is 1.60 bits per heavy atom. The van der Waals surface area contributed by atoms with Gasteiger partial charge in [-0.05, 0) is 85.5 Å². The van der Waals surface area contributed by atoms with Gasteiger partial charge in [-0.1, -0.05) is 19.9 Å². The summed E-state index contributed by atoms with van der Waals surface area (Å²) in [6.45, 7) is 8.62. The molecule has 0 radical (unpaired) electrons. The van der Waals surface area contributed by atoms with Crippen molar-refractivity contribution >= 4 is 23.1 Å². The second-order valence-corrected chi connectivity index (χ2v) is 9.51. The van der Waals surface area contributed by atoms with Gasteiger partial charge < -0.3 is 19.3 Å². The van der Waals surface area contributed by atoms with Gasteiger partial charge in [0, 0.05) is 11.3 Å². The summed E-state index contributed by atoms with van der Waals surface area (Å²) in [7, 11) is 1.53. The van der Waals surface area contributed by atoms with Crippen LogP contribution in [0.3, 0.4) is 0 Å². The topological polar surface area (TPSA) is 109 Å². The standard InChI is InChI=1S/C32H32N2O6/c1-6-39-25-14-11-22(16-24(25)19(3)4)30(35)28-29(21-10-15-26(38-5)27(17-21)40-7-2)34(32(37)31(28)36)23-12-8-20(18-33)9-13-23/h8-17,19,29,35H,6-7H2,1-5H3/b30-28+. The highest BCUT2D eigenvalue weighted by molar-refractivity contribution is 6.51. The number of methoxy groups -OCH3 is 1. The average Bonchev–Trinajstić information content (AvgIpc) is 3.23. The van der Waals surface area contributed by atoms with E-state index in [-0.39, 0.29) is 17.3 Å². The van der Waals surface area contributed by atoms with Crippen LogP contribution in [0.2, 0.25) is 0 Å². The van der Waals surface area contributed by atoms with Crippen LogP contribution in [0.5, 0.6) is 17.2 Å². The molecule has 206 valence electrons. The van der Waals surface area contributed by atoms with E-state index in [9.17, 15) is 20.0 Å². The number of ketones is 1. The normalized spacial score (nSPS) is 16.2. The summed E-state index contributed by atoms with van der Waals surface area (Å²) >= 11 is 0. The molecule has 0 spiro atoms. The third-order valence-corrected chi connectivity index (χ3v) is 6.73. The predicted octanol–water partition coefficient (Wildman–Crippen LogP) is 6.11. The highest BCUT2D eigenvalue weighted by Gasteiger charge is 2.47. The molecule has 4 rings (SSSR count). The van der Waals surface area contributed by atoms with Crippen molar-refractivity contribution in [1.82, 2.24) is 0 Å². The van der Waals surface area contributed by atoms with Crippen molar-refractivity contribution in [2.45, 2.75) is 39.7 Å². The van der Waals surface area contributed by atoms with E-state index in [1.807, 2.05) is 27.7 Å². The number of hydrogen-bond acceptors (Lipinski definition) is 7. The zero-order valence-corrected chi connectivity index (χ0v) is 23.2. The zero-order chi connectivity index (χ0) is 29.0. The van der Waals surface area contributed by atoms with Gasteiger partial charge in [-0.15, -0.1) is 0 Å². The molecule has 1 N–H and O–H groups in total. The number of carbonyl (C=O) groups is 2. The molecule has 1 amide bonds. The fourth-order valence-electron chi connectivity index (χ4n) is 4.83. The maximum atomic E-state index is 13.6. The van der Waals surface area contributed by atoms with Crippen molar-refractivity contribution in [3.8, 4) is 23.3 Å². The lowest BCUT2D eigenvalue weighted by atomic mass is 9.93. The lowest BCUT2D eigenvalue weighted by Crippen LogP contribution is -2.29. The Kier molecular flexibility index (Phi) is 8.44. The molecule has 0 bridgehead atoms. The molecule has 0 aromatic heterocycles. The minimum absolute atomic E-state index is 0.0548. The first-order valence-electron chi connectivity index (χ1n) is 13.1. The number of aliphatic hydroxyl groups is 1. The number of anilines is 1. The Morgan fingerprint density at radius 1 is 0.950 bits per heavy atom. The van der Waals surface area contributed by atoms with Crippen LogP contribution in [-0.2, 0) is 9.59 Å². The summed E-state index contributed by atoms with van der Waals surface area (Å²) in [4.78, 5) is 28.5. The Morgan fingerprint density at radius 3 is 2.20 bits per heavy atom. The molecule has 8 nitrogen and oxygen atoms in total. The Hall–Kier alpha value is -4.77. The number of carbonyl (C=O) groups excluding carboxylic acids is 2. The molecule has 1 fully saturated rings. The van der Waals surface area contributed by atoms with Crippen LogP contribution >= 0.6 is 0 Å². The number of hydrogen-bond donors (Lipinski definition) is 1. The van der Waals surface area contributed by atoms with Gasteiger partial charge in [0.25, 0.3) is 11.7 Å². The lowest BCUT2D eigenvalue weighted by Gasteiger charge is -2.26. The molecule has 1 aliphatic heterocycles. The summed E-state index contributed by atoms with van der Waals surface area (Å²) in [5, 5.41) is 20.9. The number of rotatable bonds is 9. The monoisotopic (exact) mass is 540 g/mol. The first-order chi connectivity index (χ1) is 19.2. The number of aliphatic hydroxyl groups excluding tert-OH is 1. The molecule has 0 saturated carbocycles. The number of benzene rings is 3. The molecule has 1 atom stereocenters. The first-order valence-corrected chi connectivity index (χ1v) is 13.1. The summed E-state index contributed by atoms with van der Waals surface area (Å²) in [6.07, 6.45) is 0. The van der Waals surface area contributed by atoms with Gasteiger partial charge >= 0.3 is 0 Å². The van der Waals surface area contributed by atoms with Crippen LogP contribution in [0, 0.1) is 11.3 Å². The summed E-state index contributed by atoms with van der Waals surface area (Å²) in [6, 6.07) is 17.8. The molecule has 1 unspecified atom stereocenters. The van der Waals surface area contributed by atoms with E-state index >= 15 is 0 Å². The highest BCUT2D eigenvalue weighted by Crippen LogP contribution is 2.44. The Bertz CT molecular complexity index is 1500. The number of nitrogens with zero attached hydrogens (tertiary/aromatic N) is 2. The predicted molar refractivity (Wildman–Crippen MR) is 152 cm³/mol. The van der Waals surface area contributed by atoms with Crippen molar-refractivity contribution in [2.24, 2.45) is 0 Å². The quantitative estimate of drug-likeness (QED) is 0.198. The molecule has 40 heavy (non-hydrogen) atoms. The van der Waals surface area contributed by atoms with Crippen LogP contribution in [0.25, 0.3) is 5.76 Å². The van der Waals surface area contributed by atoms with Gasteiger partial charge in [-0.2, -0.15) is 5.26 Å². The van der Waals surface area contributed by atoms with Crippen molar-refractivity contribution in [2.75, 3.05) is 25.2 Å². The molecule has 1 aliphatic rings. The van der Waals surface area contributed by atoms with Gasteiger partial charge in [-0.25, -0.2) is 0 Å². The van der Waals surface area contributed by atoms with Gasteiger partial charge in [-0.3, -0.25) is 14.5 Å². The van der Waals surface area contributed by atoms with E-state index in [1.165, 1.54) is 12.0 Å². The molecule has 3 aromatic carbocycles. The van der Waals surface area contributed by atoms with Crippen LogP contribution in [0.4, 0.5) is 5.69 Å². The smallest absolute Gasteiger partial charge is 0.300 e. The first kappa shape index (κ1) is 28.2. The molecule has 0 aliphatic carbocycles. The van der Waals surface area contributed by atoms with Crippen molar-refractivity contribution in [1.29, 1.82) is 5.26 Å². The van der Waals surface area contributed by atoms with E-state index in [0.717, 1.165) is 5.56 Å². The van der Waals surface area contributed by atoms with E-state index in [4.69, 9.17) is 14.2 Å². The molecule has 3 aromatic rings. The molecule has 8 heteroatoms.